The molecule has 0 N–H and O–H groups in total. The molecule has 4 aliphatic rings. The van der Waals surface area contributed by atoms with Crippen molar-refractivity contribution in [2.24, 2.45) is 0 Å². The standard InChI is InChI=1S/C17H20O.C15H22O.2C14H20O.3CH4/c1-11-12(2)14-9-10-17(3,4)18-16(14)15-8-6-5-7-13(11)15;1-9-10(2)12(4)14-13(11(9)3)7-8-15(5,6)16-14;1-8-9(2)11(4)13-12(10(8)3)14(5,6)7-15-13;1-8-9(2)11(4)13-12(10(8)3)7-14(5,6)15-13;;;/h5-8H,9-10H2,1-4H3;7-8H2,1-6H3;2*7H2,1-6H3;3*1H4. The highest BCUT2D eigenvalue weighted by atomic mass is 16.5. The third-order valence-corrected chi connectivity index (χ3v) is 16.0. The van der Waals surface area contributed by atoms with Gasteiger partial charge in [-0.15, -0.1) is 0 Å². The van der Waals surface area contributed by atoms with Gasteiger partial charge in [-0.1, -0.05) is 60.4 Å². The average Bonchev–Trinajstić information content (AvgIpc) is 3.75. The molecule has 370 valence electrons. The molecule has 0 bridgehead atoms. The highest BCUT2D eigenvalue weighted by molar-refractivity contribution is 5.93. The number of aryl methyl sites for hydroxylation is 1. The van der Waals surface area contributed by atoms with Gasteiger partial charge < -0.3 is 18.9 Å². The van der Waals surface area contributed by atoms with E-state index in [2.05, 4.69) is 177 Å². The van der Waals surface area contributed by atoms with Gasteiger partial charge in [-0.05, 0) is 259 Å². The van der Waals surface area contributed by atoms with Crippen LogP contribution < -0.4 is 18.9 Å². The Balaban J connectivity index is 0.000000234. The van der Waals surface area contributed by atoms with Crippen LogP contribution in [0.15, 0.2) is 24.3 Å². The van der Waals surface area contributed by atoms with Crippen molar-refractivity contribution in [2.45, 2.75) is 229 Å². The molecule has 0 unspecified atom stereocenters. The summed E-state index contributed by atoms with van der Waals surface area (Å²) in [5, 5.41) is 2.59. The van der Waals surface area contributed by atoms with E-state index >= 15 is 0 Å². The average molecular weight is 915 g/mol. The van der Waals surface area contributed by atoms with Gasteiger partial charge in [0.1, 0.15) is 39.8 Å². The number of benzene rings is 5. The topological polar surface area (TPSA) is 36.9 Å². The Kier molecular flexibility index (Phi) is 17.2. The van der Waals surface area contributed by atoms with E-state index < -0.39 is 0 Å². The number of hydrogen-bond donors (Lipinski definition) is 0. The number of hydrogen-bond acceptors (Lipinski definition) is 4. The zero-order valence-electron chi connectivity index (χ0n) is 44.2. The largest absolute Gasteiger partial charge is 0.492 e. The summed E-state index contributed by atoms with van der Waals surface area (Å²) in [4.78, 5) is 0. The van der Waals surface area contributed by atoms with E-state index in [1.165, 1.54) is 111 Å². The van der Waals surface area contributed by atoms with Crippen LogP contribution in [0.1, 0.15) is 191 Å². The smallest absolute Gasteiger partial charge is 0.131 e. The van der Waals surface area contributed by atoms with Gasteiger partial charge in [-0.2, -0.15) is 0 Å². The minimum Gasteiger partial charge on any atom is -0.492 e. The molecule has 5 aromatic carbocycles. The van der Waals surface area contributed by atoms with Gasteiger partial charge in [0.2, 0.25) is 0 Å². The van der Waals surface area contributed by atoms with Gasteiger partial charge in [-0.3, -0.25) is 0 Å². The maximum absolute atomic E-state index is 6.27. The summed E-state index contributed by atoms with van der Waals surface area (Å²) < 4.78 is 24.3. The summed E-state index contributed by atoms with van der Waals surface area (Å²) in [7, 11) is 0. The molecule has 5 aromatic rings. The van der Waals surface area contributed by atoms with Crippen molar-refractivity contribution < 1.29 is 18.9 Å². The lowest BCUT2D eigenvalue weighted by Crippen LogP contribution is -2.33. The molecule has 4 heteroatoms. The van der Waals surface area contributed by atoms with Crippen LogP contribution in [0.3, 0.4) is 0 Å². The van der Waals surface area contributed by atoms with E-state index in [0.717, 1.165) is 61.7 Å². The second-order valence-electron chi connectivity index (χ2n) is 22.4. The van der Waals surface area contributed by atoms with Crippen molar-refractivity contribution in [3.8, 4) is 23.0 Å². The van der Waals surface area contributed by atoms with Crippen molar-refractivity contribution >= 4 is 10.8 Å². The summed E-state index contributed by atoms with van der Waals surface area (Å²) in [6, 6.07) is 8.59. The first-order valence-electron chi connectivity index (χ1n) is 24.0. The minimum absolute atomic E-state index is 0. The maximum atomic E-state index is 6.27. The number of fused-ring (bicyclic) bond motifs is 6. The van der Waals surface area contributed by atoms with Gasteiger partial charge in [0.25, 0.3) is 0 Å². The second-order valence-corrected chi connectivity index (χ2v) is 22.4. The molecule has 0 fully saturated rings. The van der Waals surface area contributed by atoms with Gasteiger partial charge >= 0.3 is 0 Å². The summed E-state index contributed by atoms with van der Waals surface area (Å²) in [5.74, 6) is 4.54. The molecular formula is C63H94O4. The molecule has 9 rings (SSSR count). The monoisotopic (exact) mass is 915 g/mol. The summed E-state index contributed by atoms with van der Waals surface area (Å²) in [6.07, 6.45) is 5.52. The molecule has 0 atom stereocenters. The van der Waals surface area contributed by atoms with E-state index in [4.69, 9.17) is 18.9 Å². The first-order valence-corrected chi connectivity index (χ1v) is 24.0. The predicted molar refractivity (Wildman–Crippen MR) is 293 cm³/mol. The van der Waals surface area contributed by atoms with Crippen molar-refractivity contribution in [2.75, 3.05) is 6.61 Å². The van der Waals surface area contributed by atoms with Crippen LogP contribution in [-0.2, 0) is 24.7 Å². The predicted octanol–water partition coefficient (Wildman–Crippen LogP) is 17.7. The first kappa shape index (κ1) is 56.9. The minimum atomic E-state index is -0.0442. The number of ether oxygens (including phenoxy) is 4. The van der Waals surface area contributed by atoms with Crippen LogP contribution in [0, 0.1) is 96.9 Å². The highest BCUT2D eigenvalue weighted by Crippen LogP contribution is 2.46. The van der Waals surface area contributed by atoms with Crippen molar-refractivity contribution in [3.63, 3.8) is 0 Å². The third kappa shape index (κ3) is 10.7. The van der Waals surface area contributed by atoms with Crippen molar-refractivity contribution in [3.05, 3.63) is 124 Å². The van der Waals surface area contributed by atoms with Crippen LogP contribution in [0.4, 0.5) is 0 Å². The first-order chi connectivity index (χ1) is 29.5. The van der Waals surface area contributed by atoms with Gasteiger partial charge in [0.05, 0.1) is 6.61 Å². The Morgan fingerprint density at radius 2 is 0.716 bits per heavy atom. The zero-order chi connectivity index (χ0) is 47.8. The lowest BCUT2D eigenvalue weighted by Gasteiger charge is -2.35. The van der Waals surface area contributed by atoms with E-state index in [-0.39, 0.29) is 44.5 Å². The molecule has 0 spiro atoms. The van der Waals surface area contributed by atoms with E-state index in [9.17, 15) is 0 Å². The van der Waals surface area contributed by atoms with E-state index in [1.54, 1.807) is 0 Å². The Labute approximate surface area is 411 Å². The molecule has 0 aliphatic carbocycles. The van der Waals surface area contributed by atoms with E-state index in [1.807, 2.05) is 0 Å². The van der Waals surface area contributed by atoms with Crippen molar-refractivity contribution in [1.29, 1.82) is 0 Å². The summed E-state index contributed by atoms with van der Waals surface area (Å²) >= 11 is 0. The zero-order valence-corrected chi connectivity index (χ0v) is 44.2. The maximum Gasteiger partial charge on any atom is 0.131 e. The molecule has 0 saturated heterocycles. The third-order valence-electron chi connectivity index (χ3n) is 16.0. The molecular weight excluding hydrogens is 821 g/mol. The molecule has 67 heavy (non-hydrogen) atoms. The van der Waals surface area contributed by atoms with Crippen molar-refractivity contribution in [1.82, 2.24) is 0 Å². The fourth-order valence-corrected chi connectivity index (χ4v) is 10.5. The Hall–Kier alpha value is -4.44. The van der Waals surface area contributed by atoms with Crippen LogP contribution >= 0.6 is 0 Å². The summed E-state index contributed by atoms with van der Waals surface area (Å²) in [6.45, 7) is 49.2. The Morgan fingerprint density at radius 1 is 0.358 bits per heavy atom. The molecule has 0 saturated carbocycles. The molecule has 4 heterocycles. The van der Waals surface area contributed by atoms with Gasteiger partial charge in [0, 0.05) is 28.3 Å². The van der Waals surface area contributed by atoms with Crippen LogP contribution in [0.25, 0.3) is 10.8 Å². The molecule has 0 amide bonds. The van der Waals surface area contributed by atoms with Gasteiger partial charge in [0.15, 0.2) is 0 Å². The lowest BCUT2D eigenvalue weighted by atomic mass is 9.80. The highest BCUT2D eigenvalue weighted by Gasteiger charge is 2.37. The Bertz CT molecular complexity index is 2610. The normalized spacial score (nSPS) is 16.7. The second kappa shape index (κ2) is 20.3. The van der Waals surface area contributed by atoms with Crippen LogP contribution in [-0.4, -0.2) is 23.4 Å². The summed E-state index contributed by atoms with van der Waals surface area (Å²) in [5.41, 5.74) is 25.2. The number of rotatable bonds is 0. The molecule has 0 aromatic heterocycles. The molecule has 4 nitrogen and oxygen atoms in total. The fourth-order valence-electron chi connectivity index (χ4n) is 10.5. The Morgan fingerprint density at radius 3 is 1.22 bits per heavy atom. The lowest BCUT2D eigenvalue weighted by molar-refractivity contribution is 0.0833. The quantitative estimate of drug-likeness (QED) is 0.155. The van der Waals surface area contributed by atoms with E-state index in [0.29, 0.717) is 0 Å². The van der Waals surface area contributed by atoms with Crippen LogP contribution in [0.2, 0.25) is 0 Å². The molecule has 4 aliphatic heterocycles. The van der Waals surface area contributed by atoms with Crippen LogP contribution in [0.5, 0.6) is 23.0 Å². The molecule has 0 radical (unpaired) electrons. The fraction of sp³-hybridized carbons (Fsp3) is 0.556. The van der Waals surface area contributed by atoms with Gasteiger partial charge in [-0.25, -0.2) is 0 Å². The SMILES string of the molecule is C.C.C.Cc1c(C)c(C)c2c(c1C)CC(C)(C)O2.Cc1c(C)c(C)c2c(c1C)CCC(C)(C)O2.Cc1c(C)c(C)c2c(c1C)OCC2(C)C.Cc1c2c(c3ccccc3c1C)OC(C)(C)CC2.